The van der Waals surface area contributed by atoms with Gasteiger partial charge in [0.1, 0.15) is 11.7 Å². The molecule has 2 aromatic rings. The summed E-state index contributed by atoms with van der Waals surface area (Å²) in [7, 11) is 0. The van der Waals surface area contributed by atoms with Gasteiger partial charge in [0.2, 0.25) is 5.91 Å². The van der Waals surface area contributed by atoms with Crippen molar-refractivity contribution in [2.45, 2.75) is 39.7 Å². The number of rotatable bonds is 2. The smallest absolute Gasteiger partial charge is 0.273 e. The molecule has 0 aliphatic carbocycles. The van der Waals surface area contributed by atoms with Crippen molar-refractivity contribution >= 4 is 17.5 Å². The van der Waals surface area contributed by atoms with Gasteiger partial charge in [0.25, 0.3) is 5.91 Å². The minimum absolute atomic E-state index is 0.0861. The summed E-state index contributed by atoms with van der Waals surface area (Å²) in [6.07, 6.45) is 1.34. The molecule has 0 unspecified atom stereocenters. The number of nitrogens with zero attached hydrogens (tertiary/aromatic N) is 4. The van der Waals surface area contributed by atoms with Crippen LogP contribution in [0.1, 0.15) is 41.6 Å². The lowest BCUT2D eigenvalue weighted by atomic mass is 10.1. The van der Waals surface area contributed by atoms with Crippen molar-refractivity contribution in [2.24, 2.45) is 0 Å². The van der Waals surface area contributed by atoms with Crippen LogP contribution in [0.25, 0.3) is 5.65 Å². The fourth-order valence-corrected chi connectivity index (χ4v) is 3.04. The molecule has 23 heavy (non-hydrogen) atoms. The van der Waals surface area contributed by atoms with Crippen LogP contribution in [0.15, 0.2) is 12.1 Å². The van der Waals surface area contributed by atoms with E-state index in [0.717, 1.165) is 17.8 Å². The van der Waals surface area contributed by atoms with Gasteiger partial charge >= 0.3 is 0 Å². The molecule has 3 heterocycles. The molecule has 0 radical (unpaired) electrons. The van der Waals surface area contributed by atoms with Crippen molar-refractivity contribution in [2.75, 3.05) is 13.1 Å². The predicted molar refractivity (Wildman–Crippen MR) is 85.2 cm³/mol. The zero-order valence-electron chi connectivity index (χ0n) is 13.7. The van der Waals surface area contributed by atoms with Crippen molar-refractivity contribution in [3.63, 3.8) is 0 Å². The number of aryl methyl sites for hydroxylation is 2. The van der Waals surface area contributed by atoms with E-state index in [-0.39, 0.29) is 11.8 Å². The number of amides is 2. The van der Waals surface area contributed by atoms with Crippen molar-refractivity contribution in [1.29, 1.82) is 0 Å². The Morgan fingerprint density at radius 2 is 2.13 bits per heavy atom. The summed E-state index contributed by atoms with van der Waals surface area (Å²) in [5.74, 6) is -0.260. The lowest BCUT2D eigenvalue weighted by Crippen LogP contribution is -2.47. The lowest BCUT2D eigenvalue weighted by molar-refractivity contribution is -0.124. The third-order valence-electron chi connectivity index (χ3n) is 4.10. The molecule has 1 atom stereocenters. The molecule has 1 aliphatic rings. The van der Waals surface area contributed by atoms with E-state index in [1.165, 1.54) is 0 Å². The summed E-state index contributed by atoms with van der Waals surface area (Å²) in [6.45, 7) is 6.79. The number of hydrogen-bond donors (Lipinski definition) is 1. The highest BCUT2D eigenvalue weighted by Crippen LogP contribution is 2.16. The van der Waals surface area contributed by atoms with Crippen molar-refractivity contribution < 1.29 is 9.59 Å². The number of carbonyl (C=O) groups is 2. The molecule has 3 rings (SSSR count). The van der Waals surface area contributed by atoms with Crippen molar-refractivity contribution in [3.8, 4) is 0 Å². The number of aromatic nitrogens is 3. The molecule has 1 saturated heterocycles. The average molecular weight is 315 g/mol. The van der Waals surface area contributed by atoms with Gasteiger partial charge in [0, 0.05) is 24.8 Å². The number of hydrogen-bond acceptors (Lipinski definition) is 4. The zero-order valence-corrected chi connectivity index (χ0v) is 13.7. The fraction of sp³-hybridized carbons (Fsp3) is 0.500. The maximum absolute atomic E-state index is 13.1. The maximum atomic E-state index is 13.1. The first-order valence-electron chi connectivity index (χ1n) is 7.94. The van der Waals surface area contributed by atoms with Crippen LogP contribution in [0.4, 0.5) is 0 Å². The van der Waals surface area contributed by atoms with E-state index >= 15 is 0 Å². The Hall–Kier alpha value is -2.44. The highest BCUT2D eigenvalue weighted by Gasteiger charge is 2.32. The second kappa shape index (κ2) is 5.98. The van der Waals surface area contributed by atoms with Crippen LogP contribution in [0, 0.1) is 13.8 Å². The SMILES string of the molecule is CC[C@H]1C(=O)NCCCN1C(=O)c1cc(C)nc2cc(C)nn12. The van der Waals surface area contributed by atoms with Gasteiger partial charge in [-0.3, -0.25) is 9.59 Å². The molecule has 0 bridgehead atoms. The second-order valence-electron chi connectivity index (χ2n) is 5.91. The Balaban J connectivity index is 2.06. The first kappa shape index (κ1) is 15.5. The van der Waals surface area contributed by atoms with Crippen LogP contribution in [0.5, 0.6) is 0 Å². The molecule has 122 valence electrons. The molecule has 2 aromatic heterocycles. The maximum Gasteiger partial charge on any atom is 0.273 e. The summed E-state index contributed by atoms with van der Waals surface area (Å²) >= 11 is 0. The van der Waals surface area contributed by atoms with E-state index in [2.05, 4.69) is 15.4 Å². The first-order chi connectivity index (χ1) is 11.0. The van der Waals surface area contributed by atoms with E-state index in [4.69, 9.17) is 0 Å². The van der Waals surface area contributed by atoms with E-state index in [1.807, 2.05) is 26.8 Å². The molecule has 0 saturated carbocycles. The molecule has 0 spiro atoms. The molecule has 1 aliphatic heterocycles. The minimum Gasteiger partial charge on any atom is -0.354 e. The van der Waals surface area contributed by atoms with Gasteiger partial charge in [-0.2, -0.15) is 5.10 Å². The Morgan fingerprint density at radius 3 is 2.87 bits per heavy atom. The van der Waals surface area contributed by atoms with Crippen LogP contribution in [-0.2, 0) is 4.79 Å². The molecule has 7 nitrogen and oxygen atoms in total. The van der Waals surface area contributed by atoms with E-state index in [0.29, 0.717) is 30.9 Å². The summed E-state index contributed by atoms with van der Waals surface area (Å²) in [4.78, 5) is 31.4. The van der Waals surface area contributed by atoms with Gasteiger partial charge in [-0.25, -0.2) is 9.50 Å². The van der Waals surface area contributed by atoms with Gasteiger partial charge in [-0.05, 0) is 32.8 Å². The Labute approximate surface area is 134 Å². The van der Waals surface area contributed by atoms with Crippen LogP contribution in [0.3, 0.4) is 0 Å². The Bertz CT molecular complexity index is 767. The van der Waals surface area contributed by atoms with Gasteiger partial charge in [0.05, 0.1) is 5.69 Å². The number of nitrogens with one attached hydrogen (secondary N) is 1. The standard InChI is InChI=1S/C16H21N5O2/c1-4-12-15(22)17-6-5-7-20(12)16(23)13-8-10(2)18-14-9-11(3)19-21(13)14/h8-9,12H,4-7H2,1-3H3,(H,17,22)/t12-/m0/s1. The predicted octanol–water partition coefficient (Wildman–Crippen LogP) is 1.09. The molecular weight excluding hydrogens is 294 g/mol. The fourth-order valence-electron chi connectivity index (χ4n) is 3.04. The topological polar surface area (TPSA) is 79.6 Å². The van der Waals surface area contributed by atoms with Crippen molar-refractivity contribution in [3.05, 3.63) is 29.2 Å². The average Bonchev–Trinajstić information content (AvgIpc) is 2.77. The monoisotopic (exact) mass is 315 g/mol. The number of carbonyl (C=O) groups excluding carboxylic acids is 2. The van der Waals surface area contributed by atoms with Crippen LogP contribution in [-0.4, -0.2) is 50.4 Å². The van der Waals surface area contributed by atoms with Crippen molar-refractivity contribution in [1.82, 2.24) is 24.8 Å². The van der Waals surface area contributed by atoms with E-state index < -0.39 is 6.04 Å². The summed E-state index contributed by atoms with van der Waals surface area (Å²) in [6, 6.07) is 3.14. The summed E-state index contributed by atoms with van der Waals surface area (Å²) in [5.41, 5.74) is 2.66. The van der Waals surface area contributed by atoms with E-state index in [9.17, 15) is 9.59 Å². The third kappa shape index (κ3) is 2.78. The molecule has 7 heteroatoms. The van der Waals surface area contributed by atoms with Gasteiger partial charge in [-0.1, -0.05) is 6.92 Å². The van der Waals surface area contributed by atoms with Crippen LogP contribution < -0.4 is 5.32 Å². The van der Waals surface area contributed by atoms with Crippen LogP contribution >= 0.6 is 0 Å². The molecular formula is C16H21N5O2. The highest BCUT2D eigenvalue weighted by atomic mass is 16.2. The molecule has 1 N–H and O–H groups in total. The summed E-state index contributed by atoms with van der Waals surface area (Å²) < 4.78 is 1.57. The normalized spacial score (nSPS) is 18.8. The van der Waals surface area contributed by atoms with Gasteiger partial charge in [-0.15, -0.1) is 0 Å². The quantitative estimate of drug-likeness (QED) is 0.899. The third-order valence-corrected chi connectivity index (χ3v) is 4.10. The van der Waals surface area contributed by atoms with E-state index in [1.54, 1.807) is 15.5 Å². The Morgan fingerprint density at radius 1 is 1.35 bits per heavy atom. The molecule has 1 fully saturated rings. The van der Waals surface area contributed by atoms with Gasteiger partial charge in [0.15, 0.2) is 5.65 Å². The zero-order chi connectivity index (χ0) is 16.6. The first-order valence-corrected chi connectivity index (χ1v) is 7.94. The Kier molecular flexibility index (Phi) is 4.02. The second-order valence-corrected chi connectivity index (χ2v) is 5.91. The lowest BCUT2D eigenvalue weighted by Gasteiger charge is -2.27. The largest absolute Gasteiger partial charge is 0.354 e. The van der Waals surface area contributed by atoms with Gasteiger partial charge < -0.3 is 10.2 Å². The highest BCUT2D eigenvalue weighted by molar-refractivity contribution is 5.97. The molecule has 2 amide bonds. The van der Waals surface area contributed by atoms with Crippen LogP contribution in [0.2, 0.25) is 0 Å². The number of fused-ring (bicyclic) bond motifs is 1. The summed E-state index contributed by atoms with van der Waals surface area (Å²) in [5, 5.41) is 7.24. The molecule has 0 aromatic carbocycles. The minimum atomic E-state index is -0.440.